The summed E-state index contributed by atoms with van der Waals surface area (Å²) in [5.41, 5.74) is 5.12. The van der Waals surface area contributed by atoms with Crippen LogP contribution in [0.2, 0.25) is 0 Å². The molecule has 0 aliphatic carbocycles. The Balaban J connectivity index is 0.000000357. The monoisotopic (exact) mass is 445 g/mol. The molecule has 2 aromatic rings. The molecule has 1 heterocycles. The summed E-state index contributed by atoms with van der Waals surface area (Å²) >= 11 is 0. The molecule has 3 rings (SSSR count). The first-order chi connectivity index (χ1) is 14.8. The van der Waals surface area contributed by atoms with Crippen LogP contribution in [-0.2, 0) is 14.8 Å². The van der Waals surface area contributed by atoms with Crippen molar-refractivity contribution < 1.29 is 18.4 Å². The number of carbonyl (C=O) groups is 1. The van der Waals surface area contributed by atoms with E-state index in [0.29, 0.717) is 26.2 Å². The number of nitrogens with zero attached hydrogens (tertiary/aromatic N) is 2. The third-order valence-electron chi connectivity index (χ3n) is 5.01. The lowest BCUT2D eigenvalue weighted by molar-refractivity contribution is -0.135. The van der Waals surface area contributed by atoms with Gasteiger partial charge in [-0.1, -0.05) is 71.8 Å². The summed E-state index contributed by atoms with van der Waals surface area (Å²) < 4.78 is 25.5. The highest BCUT2D eigenvalue weighted by Crippen LogP contribution is 2.23. The number of hydrogen-bond acceptors (Lipinski definition) is 5. The first kappa shape index (κ1) is 24.7. The first-order valence-corrected chi connectivity index (χ1v) is 11.7. The van der Waals surface area contributed by atoms with Crippen molar-refractivity contribution in [2.75, 3.05) is 31.9 Å². The Kier molecular flexibility index (Phi) is 9.39. The van der Waals surface area contributed by atoms with Crippen LogP contribution in [0, 0.1) is 13.8 Å². The average Bonchev–Trinajstić information content (AvgIpc) is 2.75. The van der Waals surface area contributed by atoms with Gasteiger partial charge in [-0.2, -0.15) is 4.31 Å². The van der Waals surface area contributed by atoms with Crippen LogP contribution in [0.4, 0.5) is 0 Å². The largest absolute Gasteiger partial charge is 0.289 e. The molecule has 1 aliphatic heterocycles. The van der Waals surface area contributed by atoms with E-state index in [-0.39, 0.29) is 5.75 Å². The molecule has 0 bridgehead atoms. The normalized spacial score (nSPS) is 16.0. The quantitative estimate of drug-likeness (QED) is 0.405. The van der Waals surface area contributed by atoms with Gasteiger partial charge in [0.05, 0.1) is 5.75 Å². The Bertz CT molecular complexity index is 939. The molecule has 1 amide bonds. The third-order valence-corrected chi connectivity index (χ3v) is 6.82. The molecular formula is C23H31N3O4S. The Morgan fingerprint density at radius 3 is 2.10 bits per heavy atom. The summed E-state index contributed by atoms with van der Waals surface area (Å²) in [6, 6.07) is 16.9. The number of nitrogens with one attached hydrogen (secondary N) is 1. The Hall–Kier alpha value is -2.52. The van der Waals surface area contributed by atoms with Crippen LogP contribution in [0.3, 0.4) is 0 Å². The molecule has 0 saturated carbocycles. The van der Waals surface area contributed by atoms with Gasteiger partial charge in [0.1, 0.15) is 6.04 Å². The summed E-state index contributed by atoms with van der Waals surface area (Å²) in [4.78, 5) is 13.9. The SMILES string of the molecule is C=CCS(=O)(=O)N1CCN(C(C(=O)NO)c2ccccc2)CC1.Cc1cccc(C)c1. The highest BCUT2D eigenvalue weighted by Gasteiger charge is 2.33. The molecule has 1 fully saturated rings. The van der Waals surface area contributed by atoms with Crippen LogP contribution < -0.4 is 5.48 Å². The molecule has 1 aliphatic rings. The Morgan fingerprint density at radius 1 is 1.06 bits per heavy atom. The van der Waals surface area contributed by atoms with Crippen molar-refractivity contribution in [3.05, 3.63) is 83.9 Å². The van der Waals surface area contributed by atoms with E-state index in [9.17, 15) is 13.2 Å². The lowest BCUT2D eigenvalue weighted by atomic mass is 10.0. The van der Waals surface area contributed by atoms with Crippen molar-refractivity contribution in [1.82, 2.24) is 14.7 Å². The van der Waals surface area contributed by atoms with Crippen LogP contribution in [0.1, 0.15) is 22.7 Å². The number of carbonyl (C=O) groups excluding carboxylic acids is 1. The molecule has 1 unspecified atom stereocenters. The first-order valence-electron chi connectivity index (χ1n) is 10.1. The fourth-order valence-corrected chi connectivity index (χ4v) is 4.75. The second-order valence-corrected chi connectivity index (χ2v) is 9.46. The van der Waals surface area contributed by atoms with E-state index in [1.54, 1.807) is 17.6 Å². The number of benzene rings is 2. The summed E-state index contributed by atoms with van der Waals surface area (Å²) in [7, 11) is -3.33. The van der Waals surface area contributed by atoms with Crippen molar-refractivity contribution in [3.8, 4) is 0 Å². The molecule has 1 saturated heterocycles. The number of aryl methyl sites for hydroxylation is 2. The van der Waals surface area contributed by atoms with Gasteiger partial charge >= 0.3 is 0 Å². The molecule has 0 radical (unpaired) electrons. The maximum atomic E-state index is 12.0. The minimum absolute atomic E-state index is 0.0910. The van der Waals surface area contributed by atoms with Crippen LogP contribution in [-0.4, -0.2) is 60.7 Å². The van der Waals surface area contributed by atoms with Gasteiger partial charge in [0.2, 0.25) is 10.0 Å². The van der Waals surface area contributed by atoms with E-state index in [1.165, 1.54) is 21.5 Å². The minimum Gasteiger partial charge on any atom is -0.289 e. The number of amides is 1. The van der Waals surface area contributed by atoms with Gasteiger partial charge in [0, 0.05) is 26.2 Å². The lowest BCUT2D eigenvalue weighted by Gasteiger charge is -2.37. The van der Waals surface area contributed by atoms with Gasteiger partial charge in [0.25, 0.3) is 5.91 Å². The second-order valence-electron chi connectivity index (χ2n) is 7.45. The predicted molar refractivity (Wildman–Crippen MR) is 122 cm³/mol. The highest BCUT2D eigenvalue weighted by molar-refractivity contribution is 7.89. The van der Waals surface area contributed by atoms with Crippen molar-refractivity contribution in [2.24, 2.45) is 0 Å². The van der Waals surface area contributed by atoms with Crippen molar-refractivity contribution in [2.45, 2.75) is 19.9 Å². The van der Waals surface area contributed by atoms with Gasteiger partial charge in [0.15, 0.2) is 0 Å². The summed E-state index contributed by atoms with van der Waals surface area (Å²) in [5.74, 6) is -0.620. The van der Waals surface area contributed by atoms with E-state index in [1.807, 2.05) is 23.1 Å². The third kappa shape index (κ3) is 7.29. The van der Waals surface area contributed by atoms with Gasteiger partial charge in [-0.25, -0.2) is 13.9 Å². The number of sulfonamides is 1. The van der Waals surface area contributed by atoms with E-state index in [2.05, 4.69) is 44.7 Å². The topological polar surface area (TPSA) is 90.0 Å². The van der Waals surface area contributed by atoms with Gasteiger partial charge in [-0.3, -0.25) is 14.9 Å². The molecule has 1 atom stereocenters. The molecule has 2 N–H and O–H groups in total. The standard InChI is InChI=1S/C15H21N3O4S.C8H10/c1-2-12-23(21,22)18-10-8-17(9-11-18)14(15(19)16-20)13-6-4-3-5-7-13;1-7-4-3-5-8(2)6-7/h2-7,14,20H,1,8-12H2,(H,16,19);3-6H,1-2H3. The van der Waals surface area contributed by atoms with E-state index >= 15 is 0 Å². The Labute approximate surface area is 185 Å². The molecule has 0 aromatic heterocycles. The summed E-state index contributed by atoms with van der Waals surface area (Å²) in [6.07, 6.45) is 1.37. The molecule has 31 heavy (non-hydrogen) atoms. The zero-order chi connectivity index (χ0) is 22.9. The summed E-state index contributed by atoms with van der Waals surface area (Å²) in [6.45, 7) is 9.09. The van der Waals surface area contributed by atoms with Crippen LogP contribution >= 0.6 is 0 Å². The summed E-state index contributed by atoms with van der Waals surface area (Å²) in [5, 5.41) is 9.00. The zero-order valence-electron chi connectivity index (χ0n) is 18.1. The van der Waals surface area contributed by atoms with Crippen molar-refractivity contribution >= 4 is 15.9 Å². The van der Waals surface area contributed by atoms with Gasteiger partial charge < -0.3 is 0 Å². The molecular weight excluding hydrogens is 414 g/mol. The van der Waals surface area contributed by atoms with Crippen LogP contribution in [0.25, 0.3) is 0 Å². The van der Waals surface area contributed by atoms with Crippen LogP contribution in [0.15, 0.2) is 67.3 Å². The predicted octanol–water partition coefficient (Wildman–Crippen LogP) is 2.67. The maximum absolute atomic E-state index is 12.0. The van der Waals surface area contributed by atoms with E-state index < -0.39 is 22.0 Å². The number of piperazine rings is 1. The van der Waals surface area contributed by atoms with E-state index in [0.717, 1.165) is 5.56 Å². The van der Waals surface area contributed by atoms with Gasteiger partial charge in [-0.15, -0.1) is 6.58 Å². The molecule has 0 spiro atoms. The average molecular weight is 446 g/mol. The van der Waals surface area contributed by atoms with E-state index in [4.69, 9.17) is 5.21 Å². The fraction of sp³-hybridized carbons (Fsp3) is 0.348. The highest BCUT2D eigenvalue weighted by atomic mass is 32.2. The lowest BCUT2D eigenvalue weighted by Crippen LogP contribution is -2.52. The number of rotatable bonds is 6. The maximum Gasteiger partial charge on any atom is 0.265 e. The van der Waals surface area contributed by atoms with Crippen molar-refractivity contribution in [1.29, 1.82) is 0 Å². The zero-order valence-corrected chi connectivity index (χ0v) is 18.9. The number of hydrogen-bond donors (Lipinski definition) is 2. The molecule has 8 heteroatoms. The second kappa shape index (κ2) is 11.8. The molecule has 7 nitrogen and oxygen atoms in total. The number of hydroxylamine groups is 1. The minimum atomic E-state index is -3.33. The Morgan fingerprint density at radius 2 is 1.65 bits per heavy atom. The van der Waals surface area contributed by atoms with Gasteiger partial charge in [-0.05, 0) is 19.4 Å². The van der Waals surface area contributed by atoms with Crippen LogP contribution in [0.5, 0.6) is 0 Å². The molecule has 2 aromatic carbocycles. The molecule has 168 valence electrons. The fourth-order valence-electron chi connectivity index (χ4n) is 3.53. The van der Waals surface area contributed by atoms with Crippen molar-refractivity contribution in [3.63, 3.8) is 0 Å². The smallest absolute Gasteiger partial charge is 0.265 e.